The van der Waals surface area contributed by atoms with E-state index in [1.54, 1.807) is 7.11 Å². The van der Waals surface area contributed by atoms with Crippen LogP contribution in [0, 0.1) is 20.8 Å². The van der Waals surface area contributed by atoms with Gasteiger partial charge in [-0.3, -0.25) is 0 Å². The Morgan fingerprint density at radius 3 is 2.32 bits per heavy atom. The van der Waals surface area contributed by atoms with Gasteiger partial charge in [-0.1, -0.05) is 17.7 Å². The molecular weight excluding hydrogens is 238 g/mol. The van der Waals surface area contributed by atoms with E-state index in [0.29, 0.717) is 13.2 Å². The van der Waals surface area contributed by atoms with Gasteiger partial charge >= 0.3 is 0 Å². The molecule has 1 aromatic carbocycles. The fourth-order valence-corrected chi connectivity index (χ4v) is 2.25. The summed E-state index contributed by atoms with van der Waals surface area (Å²) in [4.78, 5) is 0. The van der Waals surface area contributed by atoms with E-state index in [4.69, 9.17) is 9.47 Å². The second-order valence-electron chi connectivity index (χ2n) is 5.01. The highest BCUT2D eigenvalue weighted by Gasteiger charge is 2.02. The number of hydrogen-bond donors (Lipinski definition) is 1. The third kappa shape index (κ3) is 6.19. The zero-order valence-electron chi connectivity index (χ0n) is 12.7. The summed E-state index contributed by atoms with van der Waals surface area (Å²) in [7, 11) is 1.69. The Labute approximate surface area is 117 Å². The molecule has 0 radical (unpaired) electrons. The number of rotatable bonds is 9. The molecule has 19 heavy (non-hydrogen) atoms. The standard InChI is InChI=1S/C16H27NO2/c1-13-10-14(2)16(15(3)11-13)12-17-6-5-7-19-9-8-18-4/h10-11,17H,5-9,12H2,1-4H3. The van der Waals surface area contributed by atoms with E-state index in [0.717, 1.165) is 26.1 Å². The minimum atomic E-state index is 0.676. The average molecular weight is 265 g/mol. The molecule has 3 nitrogen and oxygen atoms in total. The molecule has 0 aliphatic rings. The van der Waals surface area contributed by atoms with Crippen LogP contribution in [-0.4, -0.2) is 33.5 Å². The topological polar surface area (TPSA) is 30.5 Å². The number of aryl methyl sites for hydroxylation is 3. The van der Waals surface area contributed by atoms with Crippen LogP contribution >= 0.6 is 0 Å². The van der Waals surface area contributed by atoms with E-state index in [1.165, 1.54) is 22.3 Å². The van der Waals surface area contributed by atoms with E-state index in [-0.39, 0.29) is 0 Å². The molecule has 0 saturated heterocycles. The minimum Gasteiger partial charge on any atom is -0.382 e. The maximum atomic E-state index is 5.42. The van der Waals surface area contributed by atoms with Gasteiger partial charge in [0.15, 0.2) is 0 Å². The summed E-state index contributed by atoms with van der Waals surface area (Å²) in [5.74, 6) is 0. The van der Waals surface area contributed by atoms with Gasteiger partial charge in [0, 0.05) is 20.3 Å². The Hall–Kier alpha value is -0.900. The largest absolute Gasteiger partial charge is 0.382 e. The summed E-state index contributed by atoms with van der Waals surface area (Å²) in [6.45, 7) is 10.6. The van der Waals surface area contributed by atoms with Crippen molar-refractivity contribution in [3.05, 3.63) is 34.4 Å². The lowest BCUT2D eigenvalue weighted by atomic mass is 10.00. The predicted molar refractivity (Wildman–Crippen MR) is 79.7 cm³/mol. The van der Waals surface area contributed by atoms with Crippen molar-refractivity contribution in [1.29, 1.82) is 0 Å². The van der Waals surface area contributed by atoms with Crippen molar-refractivity contribution in [2.75, 3.05) is 33.5 Å². The first kappa shape index (κ1) is 16.2. The third-order valence-electron chi connectivity index (χ3n) is 3.22. The monoisotopic (exact) mass is 265 g/mol. The molecule has 0 aliphatic carbocycles. The van der Waals surface area contributed by atoms with Gasteiger partial charge in [0.2, 0.25) is 0 Å². The summed E-state index contributed by atoms with van der Waals surface area (Å²) in [5.41, 5.74) is 5.51. The average Bonchev–Trinajstić information content (AvgIpc) is 2.35. The van der Waals surface area contributed by atoms with Crippen LogP contribution in [0.15, 0.2) is 12.1 Å². The van der Waals surface area contributed by atoms with Gasteiger partial charge in [0.25, 0.3) is 0 Å². The van der Waals surface area contributed by atoms with Gasteiger partial charge in [-0.05, 0) is 50.4 Å². The molecule has 0 spiro atoms. The van der Waals surface area contributed by atoms with Crippen molar-refractivity contribution in [3.8, 4) is 0 Å². The lowest BCUT2D eigenvalue weighted by molar-refractivity contribution is 0.0695. The van der Waals surface area contributed by atoms with Crippen molar-refractivity contribution in [2.45, 2.75) is 33.7 Å². The van der Waals surface area contributed by atoms with Gasteiger partial charge in [-0.15, -0.1) is 0 Å². The van der Waals surface area contributed by atoms with Crippen molar-refractivity contribution >= 4 is 0 Å². The molecular formula is C16H27NO2. The Balaban J connectivity index is 2.19. The van der Waals surface area contributed by atoms with E-state index in [1.807, 2.05) is 0 Å². The van der Waals surface area contributed by atoms with Crippen LogP contribution in [0.5, 0.6) is 0 Å². The molecule has 0 saturated carbocycles. The van der Waals surface area contributed by atoms with E-state index < -0.39 is 0 Å². The van der Waals surface area contributed by atoms with Crippen molar-refractivity contribution in [3.63, 3.8) is 0 Å². The van der Waals surface area contributed by atoms with Crippen LogP contribution in [0.1, 0.15) is 28.7 Å². The molecule has 0 atom stereocenters. The van der Waals surface area contributed by atoms with Crippen molar-refractivity contribution in [2.24, 2.45) is 0 Å². The molecule has 1 rings (SSSR count). The molecule has 108 valence electrons. The molecule has 0 aromatic heterocycles. The van der Waals surface area contributed by atoms with Crippen LogP contribution in [0.25, 0.3) is 0 Å². The molecule has 0 fully saturated rings. The van der Waals surface area contributed by atoms with Crippen LogP contribution in [0.4, 0.5) is 0 Å². The Morgan fingerprint density at radius 1 is 1.00 bits per heavy atom. The smallest absolute Gasteiger partial charge is 0.0700 e. The molecule has 0 bridgehead atoms. The summed E-state index contributed by atoms with van der Waals surface area (Å²) in [6, 6.07) is 4.50. The predicted octanol–water partition coefficient (Wildman–Crippen LogP) is 2.75. The summed E-state index contributed by atoms with van der Waals surface area (Å²) in [6.07, 6.45) is 1.04. The van der Waals surface area contributed by atoms with E-state index in [9.17, 15) is 0 Å². The second kappa shape index (κ2) is 9.08. The van der Waals surface area contributed by atoms with E-state index >= 15 is 0 Å². The minimum absolute atomic E-state index is 0.676. The maximum absolute atomic E-state index is 5.42. The lowest BCUT2D eigenvalue weighted by Crippen LogP contribution is -2.18. The zero-order valence-corrected chi connectivity index (χ0v) is 12.7. The Kier molecular flexibility index (Phi) is 7.72. The summed E-state index contributed by atoms with van der Waals surface area (Å²) in [5, 5.41) is 3.48. The highest BCUT2D eigenvalue weighted by molar-refractivity contribution is 5.37. The zero-order chi connectivity index (χ0) is 14.1. The quantitative estimate of drug-likeness (QED) is 0.696. The van der Waals surface area contributed by atoms with Crippen molar-refractivity contribution < 1.29 is 9.47 Å². The summed E-state index contributed by atoms with van der Waals surface area (Å²) >= 11 is 0. The molecule has 0 aliphatic heterocycles. The Bertz CT molecular complexity index is 354. The summed E-state index contributed by atoms with van der Waals surface area (Å²) < 4.78 is 10.3. The molecule has 0 amide bonds. The maximum Gasteiger partial charge on any atom is 0.0700 e. The first-order valence-electron chi connectivity index (χ1n) is 6.99. The van der Waals surface area contributed by atoms with Gasteiger partial charge in [-0.2, -0.15) is 0 Å². The first-order chi connectivity index (χ1) is 9.15. The first-order valence-corrected chi connectivity index (χ1v) is 6.99. The van der Waals surface area contributed by atoms with Gasteiger partial charge in [-0.25, -0.2) is 0 Å². The second-order valence-corrected chi connectivity index (χ2v) is 5.01. The lowest BCUT2D eigenvalue weighted by Gasteiger charge is -2.12. The number of ether oxygens (including phenoxy) is 2. The molecule has 0 unspecified atom stereocenters. The molecule has 3 heteroatoms. The highest BCUT2D eigenvalue weighted by Crippen LogP contribution is 2.15. The number of benzene rings is 1. The van der Waals surface area contributed by atoms with Crippen LogP contribution in [0.3, 0.4) is 0 Å². The van der Waals surface area contributed by atoms with Crippen LogP contribution in [0.2, 0.25) is 0 Å². The van der Waals surface area contributed by atoms with E-state index in [2.05, 4.69) is 38.2 Å². The number of hydrogen-bond acceptors (Lipinski definition) is 3. The fraction of sp³-hybridized carbons (Fsp3) is 0.625. The number of methoxy groups -OCH3 is 1. The number of nitrogens with one attached hydrogen (secondary N) is 1. The highest BCUT2D eigenvalue weighted by atomic mass is 16.5. The molecule has 1 aromatic rings. The molecule has 0 heterocycles. The fourth-order valence-electron chi connectivity index (χ4n) is 2.25. The Morgan fingerprint density at radius 2 is 1.68 bits per heavy atom. The van der Waals surface area contributed by atoms with Gasteiger partial charge in [0.1, 0.15) is 0 Å². The third-order valence-corrected chi connectivity index (χ3v) is 3.22. The molecule has 1 N–H and O–H groups in total. The van der Waals surface area contributed by atoms with Gasteiger partial charge < -0.3 is 14.8 Å². The SMILES string of the molecule is COCCOCCCNCc1c(C)cc(C)cc1C. The van der Waals surface area contributed by atoms with Gasteiger partial charge in [0.05, 0.1) is 13.2 Å². The normalized spacial score (nSPS) is 10.9. The van der Waals surface area contributed by atoms with Crippen molar-refractivity contribution in [1.82, 2.24) is 5.32 Å². The van der Waals surface area contributed by atoms with Crippen LogP contribution < -0.4 is 5.32 Å². The van der Waals surface area contributed by atoms with Crippen LogP contribution in [-0.2, 0) is 16.0 Å².